The van der Waals surface area contributed by atoms with Crippen LogP contribution in [0.3, 0.4) is 0 Å². The predicted molar refractivity (Wildman–Crippen MR) is 99.8 cm³/mol. The van der Waals surface area contributed by atoms with E-state index in [0.29, 0.717) is 27.1 Å². The molecule has 0 spiro atoms. The number of hydrazone groups is 1. The van der Waals surface area contributed by atoms with Gasteiger partial charge in [-0.3, -0.25) is 4.79 Å². The molecule has 0 radical (unpaired) electrons. The van der Waals surface area contributed by atoms with E-state index in [0.717, 1.165) is 0 Å². The molecule has 0 aliphatic rings. The number of nitrogens with one attached hydrogen (secondary N) is 1. The molecule has 3 rings (SSSR count). The van der Waals surface area contributed by atoms with Gasteiger partial charge in [-0.1, -0.05) is 47.5 Å². The number of nitrogens with zero attached hydrogens (tertiary/aromatic N) is 3. The zero-order valence-electron chi connectivity index (χ0n) is 13.6. The van der Waals surface area contributed by atoms with Gasteiger partial charge in [0.05, 0.1) is 33.7 Å². The fourth-order valence-corrected chi connectivity index (χ4v) is 2.83. The van der Waals surface area contributed by atoms with Crippen LogP contribution in [0.15, 0.2) is 53.6 Å². The predicted octanol–water partition coefficient (Wildman–Crippen LogP) is 4.39. The summed E-state index contributed by atoms with van der Waals surface area (Å²) < 4.78 is 15.1. The van der Waals surface area contributed by atoms with Gasteiger partial charge in [0.2, 0.25) is 0 Å². The summed E-state index contributed by atoms with van der Waals surface area (Å²) in [6.45, 7) is 1.75. The number of carbonyl (C=O) groups is 1. The highest BCUT2D eigenvalue weighted by atomic mass is 35.5. The smallest absolute Gasteiger partial charge is 0.267 e. The molecule has 0 saturated carbocycles. The van der Waals surface area contributed by atoms with E-state index < -0.39 is 11.7 Å². The Morgan fingerprint density at radius 2 is 1.88 bits per heavy atom. The Bertz CT molecular complexity index is 1000. The molecule has 2 aromatic carbocycles. The molecule has 1 amide bonds. The van der Waals surface area contributed by atoms with Crippen molar-refractivity contribution < 1.29 is 9.18 Å². The summed E-state index contributed by atoms with van der Waals surface area (Å²) in [6.07, 6.45) is 1.36. The third-order valence-corrected chi connectivity index (χ3v) is 4.29. The SMILES string of the molecule is Cc1nn(-c2ccccc2Cl)c(Cl)c1/C=N\NC(=O)c1ccccc1F. The number of carbonyl (C=O) groups excluding carboxylic acids is 1. The Morgan fingerprint density at radius 3 is 2.62 bits per heavy atom. The minimum Gasteiger partial charge on any atom is -0.267 e. The molecule has 1 aromatic heterocycles. The highest BCUT2D eigenvalue weighted by molar-refractivity contribution is 6.34. The molecule has 1 N–H and O–H groups in total. The molecule has 0 aliphatic carbocycles. The fourth-order valence-electron chi connectivity index (χ4n) is 2.30. The van der Waals surface area contributed by atoms with Gasteiger partial charge in [0.15, 0.2) is 0 Å². The standard InChI is InChI=1S/C18H13Cl2FN4O/c1-11-13(10-22-23-18(26)12-6-2-4-8-15(12)21)17(20)25(24-11)16-9-5-3-7-14(16)19/h2-10H,1H3,(H,23,26)/b22-10-. The first kappa shape index (κ1) is 18.1. The maximum Gasteiger partial charge on any atom is 0.274 e. The Morgan fingerprint density at radius 1 is 1.19 bits per heavy atom. The summed E-state index contributed by atoms with van der Waals surface area (Å²) in [7, 11) is 0. The molecule has 5 nitrogen and oxygen atoms in total. The van der Waals surface area contributed by atoms with Crippen LogP contribution in [0.4, 0.5) is 4.39 Å². The molecule has 1 heterocycles. The lowest BCUT2D eigenvalue weighted by atomic mass is 10.2. The summed E-state index contributed by atoms with van der Waals surface area (Å²) in [5, 5.41) is 8.98. The Labute approximate surface area is 159 Å². The molecule has 0 saturated heterocycles. The number of amides is 1. The summed E-state index contributed by atoms with van der Waals surface area (Å²) in [5.41, 5.74) is 3.91. The number of benzene rings is 2. The maximum atomic E-state index is 13.6. The van der Waals surface area contributed by atoms with Gasteiger partial charge in [-0.2, -0.15) is 10.2 Å². The molecule has 0 aliphatic heterocycles. The van der Waals surface area contributed by atoms with E-state index in [1.165, 1.54) is 29.1 Å². The summed E-state index contributed by atoms with van der Waals surface area (Å²) in [6, 6.07) is 12.8. The van der Waals surface area contributed by atoms with Crippen molar-refractivity contribution in [1.29, 1.82) is 0 Å². The van der Waals surface area contributed by atoms with Crippen molar-refractivity contribution in [2.45, 2.75) is 6.92 Å². The highest BCUT2D eigenvalue weighted by Gasteiger charge is 2.15. The molecule has 0 unspecified atom stereocenters. The number of rotatable bonds is 4. The first-order valence-electron chi connectivity index (χ1n) is 7.57. The highest BCUT2D eigenvalue weighted by Crippen LogP contribution is 2.26. The summed E-state index contributed by atoms with van der Waals surface area (Å²) in [5.74, 6) is -1.28. The van der Waals surface area contributed by atoms with Gasteiger partial charge in [0.1, 0.15) is 11.0 Å². The lowest BCUT2D eigenvalue weighted by Crippen LogP contribution is -2.19. The molecule has 3 aromatic rings. The topological polar surface area (TPSA) is 59.3 Å². The van der Waals surface area contributed by atoms with Crippen LogP contribution in [-0.4, -0.2) is 21.9 Å². The third-order valence-electron chi connectivity index (χ3n) is 3.61. The number of hydrogen-bond acceptors (Lipinski definition) is 3. The Hall–Kier alpha value is -2.70. The lowest BCUT2D eigenvalue weighted by molar-refractivity contribution is 0.0951. The minimum atomic E-state index is -0.661. The van der Waals surface area contributed by atoms with Gasteiger partial charge in [0, 0.05) is 0 Å². The molecule has 26 heavy (non-hydrogen) atoms. The number of aromatic nitrogens is 2. The largest absolute Gasteiger partial charge is 0.274 e. The van der Waals surface area contributed by atoms with Crippen molar-refractivity contribution in [3.05, 3.63) is 81.3 Å². The van der Waals surface area contributed by atoms with E-state index >= 15 is 0 Å². The van der Waals surface area contributed by atoms with Crippen molar-refractivity contribution in [2.24, 2.45) is 5.10 Å². The van der Waals surface area contributed by atoms with E-state index in [9.17, 15) is 9.18 Å². The van der Waals surface area contributed by atoms with Gasteiger partial charge < -0.3 is 0 Å². The lowest BCUT2D eigenvalue weighted by Gasteiger charge is -2.05. The average Bonchev–Trinajstić information content (AvgIpc) is 2.90. The van der Waals surface area contributed by atoms with E-state index in [1.54, 1.807) is 31.2 Å². The Kier molecular flexibility index (Phi) is 5.35. The molecule has 8 heteroatoms. The van der Waals surface area contributed by atoms with Crippen LogP contribution in [-0.2, 0) is 0 Å². The zero-order valence-corrected chi connectivity index (χ0v) is 15.1. The van der Waals surface area contributed by atoms with Gasteiger partial charge >= 0.3 is 0 Å². The number of para-hydroxylation sites is 1. The molecule has 132 valence electrons. The fraction of sp³-hybridized carbons (Fsp3) is 0.0556. The van der Waals surface area contributed by atoms with Crippen molar-refractivity contribution in [3.63, 3.8) is 0 Å². The zero-order chi connectivity index (χ0) is 18.7. The maximum absolute atomic E-state index is 13.6. The van der Waals surface area contributed by atoms with Gasteiger partial charge in [-0.15, -0.1) is 0 Å². The first-order valence-corrected chi connectivity index (χ1v) is 8.32. The quantitative estimate of drug-likeness (QED) is 0.530. The number of halogens is 3. The van der Waals surface area contributed by atoms with E-state index in [2.05, 4.69) is 15.6 Å². The van der Waals surface area contributed by atoms with Crippen LogP contribution >= 0.6 is 23.2 Å². The van der Waals surface area contributed by atoms with Gasteiger partial charge in [-0.25, -0.2) is 14.5 Å². The van der Waals surface area contributed by atoms with Crippen molar-refractivity contribution in [3.8, 4) is 5.69 Å². The summed E-state index contributed by atoms with van der Waals surface area (Å²) in [4.78, 5) is 12.0. The van der Waals surface area contributed by atoms with Crippen LogP contribution in [0.5, 0.6) is 0 Å². The van der Waals surface area contributed by atoms with Crippen LogP contribution in [0.1, 0.15) is 21.6 Å². The molecule has 0 atom stereocenters. The third kappa shape index (κ3) is 3.61. The van der Waals surface area contributed by atoms with Crippen molar-refractivity contribution in [2.75, 3.05) is 0 Å². The molecule has 0 fully saturated rings. The molecular weight excluding hydrogens is 378 g/mol. The average molecular weight is 391 g/mol. The Balaban J connectivity index is 1.83. The van der Waals surface area contributed by atoms with Crippen molar-refractivity contribution in [1.82, 2.24) is 15.2 Å². The molecule has 0 bridgehead atoms. The normalized spacial score (nSPS) is 11.1. The molecular formula is C18H13Cl2FN4O. The van der Waals surface area contributed by atoms with Crippen LogP contribution in [0.2, 0.25) is 10.2 Å². The van der Waals surface area contributed by atoms with Crippen molar-refractivity contribution >= 4 is 35.3 Å². The number of hydrogen-bond donors (Lipinski definition) is 1. The second kappa shape index (κ2) is 7.68. The van der Waals surface area contributed by atoms with Gasteiger partial charge in [0.25, 0.3) is 5.91 Å². The van der Waals surface area contributed by atoms with E-state index in [-0.39, 0.29) is 5.56 Å². The number of aryl methyl sites for hydroxylation is 1. The second-order valence-corrected chi connectivity index (χ2v) is 6.10. The van der Waals surface area contributed by atoms with E-state index in [4.69, 9.17) is 23.2 Å². The summed E-state index contributed by atoms with van der Waals surface area (Å²) >= 11 is 12.5. The van der Waals surface area contributed by atoms with Crippen LogP contribution in [0, 0.1) is 12.7 Å². The first-order chi connectivity index (χ1) is 12.5. The van der Waals surface area contributed by atoms with Crippen LogP contribution in [0.25, 0.3) is 5.69 Å². The monoisotopic (exact) mass is 390 g/mol. The minimum absolute atomic E-state index is 0.0979. The van der Waals surface area contributed by atoms with E-state index in [1.807, 2.05) is 6.07 Å². The second-order valence-electron chi connectivity index (χ2n) is 5.33. The van der Waals surface area contributed by atoms with Gasteiger partial charge in [-0.05, 0) is 31.2 Å². The van der Waals surface area contributed by atoms with Crippen LogP contribution < -0.4 is 5.43 Å².